The molecular formula is C16H22FN3OS. The van der Waals surface area contributed by atoms with Crippen molar-refractivity contribution in [2.24, 2.45) is 7.05 Å². The zero-order valence-electron chi connectivity index (χ0n) is 13.6. The van der Waals surface area contributed by atoms with Crippen LogP contribution < -0.4 is 4.72 Å². The van der Waals surface area contributed by atoms with Crippen LogP contribution >= 0.6 is 0 Å². The third kappa shape index (κ3) is 3.81. The number of aromatic nitrogens is 2. The van der Waals surface area contributed by atoms with Crippen LogP contribution in [0.5, 0.6) is 0 Å². The standard InChI is InChI=1S/C16H22FN3OS/c1-11(19-22(21)16(2,3)4)14-7-6-12(8-15(14)17)13-9-18-20(5)10-13/h6-11,19H,1-5H3/t11-,22+/m0/s1. The van der Waals surface area contributed by atoms with Gasteiger partial charge in [-0.3, -0.25) is 4.68 Å². The van der Waals surface area contributed by atoms with Gasteiger partial charge in [-0.25, -0.2) is 13.3 Å². The van der Waals surface area contributed by atoms with Crippen molar-refractivity contribution in [3.8, 4) is 11.1 Å². The minimum Gasteiger partial charge on any atom is -0.275 e. The zero-order chi connectivity index (χ0) is 16.5. The lowest BCUT2D eigenvalue weighted by atomic mass is 10.0. The maximum atomic E-state index is 14.4. The predicted molar refractivity (Wildman–Crippen MR) is 88.0 cm³/mol. The largest absolute Gasteiger partial charge is 0.275 e. The van der Waals surface area contributed by atoms with Gasteiger partial charge in [-0.05, 0) is 39.3 Å². The number of hydrogen-bond donors (Lipinski definition) is 1. The third-order valence-electron chi connectivity index (χ3n) is 3.35. The first-order valence-electron chi connectivity index (χ1n) is 7.15. The maximum Gasteiger partial charge on any atom is 0.128 e. The Morgan fingerprint density at radius 1 is 1.32 bits per heavy atom. The fourth-order valence-corrected chi connectivity index (χ4v) is 2.83. The van der Waals surface area contributed by atoms with E-state index in [1.165, 1.54) is 6.07 Å². The summed E-state index contributed by atoms with van der Waals surface area (Å²) in [6.07, 6.45) is 3.54. The van der Waals surface area contributed by atoms with Crippen LogP contribution in [-0.2, 0) is 18.0 Å². The van der Waals surface area contributed by atoms with Crippen molar-refractivity contribution in [2.45, 2.75) is 38.5 Å². The summed E-state index contributed by atoms with van der Waals surface area (Å²) in [7, 11) is 0.577. The van der Waals surface area contributed by atoms with Crippen molar-refractivity contribution in [3.05, 3.63) is 42.0 Å². The first kappa shape index (κ1) is 16.8. The molecule has 0 saturated heterocycles. The molecular weight excluding hydrogens is 301 g/mol. The van der Waals surface area contributed by atoms with E-state index in [2.05, 4.69) is 9.82 Å². The second-order valence-corrected chi connectivity index (χ2v) is 8.36. The molecule has 0 aliphatic heterocycles. The van der Waals surface area contributed by atoms with Crippen molar-refractivity contribution in [2.75, 3.05) is 0 Å². The summed E-state index contributed by atoms with van der Waals surface area (Å²) in [5.41, 5.74) is 2.15. The summed E-state index contributed by atoms with van der Waals surface area (Å²) in [6, 6.07) is 4.75. The highest BCUT2D eigenvalue weighted by Gasteiger charge is 2.23. The van der Waals surface area contributed by atoms with E-state index in [0.29, 0.717) is 5.56 Å². The van der Waals surface area contributed by atoms with Gasteiger partial charge < -0.3 is 0 Å². The third-order valence-corrected chi connectivity index (χ3v) is 5.03. The lowest BCUT2D eigenvalue weighted by molar-refractivity contribution is 0.572. The lowest BCUT2D eigenvalue weighted by Gasteiger charge is -2.22. The monoisotopic (exact) mass is 323 g/mol. The average molecular weight is 323 g/mol. The van der Waals surface area contributed by atoms with E-state index in [9.17, 15) is 8.60 Å². The summed E-state index contributed by atoms with van der Waals surface area (Å²) in [4.78, 5) is 0. The van der Waals surface area contributed by atoms with E-state index >= 15 is 0 Å². The van der Waals surface area contributed by atoms with E-state index in [4.69, 9.17) is 0 Å². The van der Waals surface area contributed by atoms with Gasteiger partial charge in [0, 0.05) is 30.4 Å². The Balaban J connectivity index is 2.21. The minimum absolute atomic E-state index is 0.313. The molecule has 0 aliphatic rings. The number of rotatable bonds is 4. The Morgan fingerprint density at radius 2 is 2.00 bits per heavy atom. The molecule has 0 radical (unpaired) electrons. The van der Waals surface area contributed by atoms with Crippen molar-refractivity contribution >= 4 is 11.0 Å². The molecule has 2 atom stereocenters. The Hall–Kier alpha value is -1.53. The van der Waals surface area contributed by atoms with Gasteiger partial charge in [-0.15, -0.1) is 0 Å². The molecule has 120 valence electrons. The molecule has 6 heteroatoms. The molecule has 0 saturated carbocycles. The van der Waals surface area contributed by atoms with Gasteiger partial charge in [-0.2, -0.15) is 5.10 Å². The van der Waals surface area contributed by atoms with Crippen molar-refractivity contribution in [1.82, 2.24) is 14.5 Å². The summed E-state index contributed by atoms with van der Waals surface area (Å²) in [5, 5.41) is 4.09. The minimum atomic E-state index is -1.24. The molecule has 1 N–H and O–H groups in total. The number of nitrogens with zero attached hydrogens (tertiary/aromatic N) is 2. The smallest absolute Gasteiger partial charge is 0.128 e. The topological polar surface area (TPSA) is 46.9 Å². The lowest BCUT2D eigenvalue weighted by Crippen LogP contribution is -2.35. The summed E-state index contributed by atoms with van der Waals surface area (Å²) < 4.78 is 30.7. The molecule has 22 heavy (non-hydrogen) atoms. The Morgan fingerprint density at radius 3 is 2.50 bits per heavy atom. The van der Waals surface area contributed by atoms with Crippen LogP contribution in [0, 0.1) is 5.82 Å². The van der Waals surface area contributed by atoms with Gasteiger partial charge in [0.15, 0.2) is 0 Å². The molecule has 0 aliphatic carbocycles. The second kappa shape index (κ2) is 6.30. The van der Waals surface area contributed by atoms with Crippen LogP contribution in [-0.4, -0.2) is 18.7 Å². The molecule has 1 heterocycles. The van der Waals surface area contributed by atoms with Gasteiger partial charge in [0.1, 0.15) is 5.82 Å². The number of hydrogen-bond acceptors (Lipinski definition) is 2. The molecule has 1 aromatic carbocycles. The van der Waals surface area contributed by atoms with Crippen LogP contribution in [0.2, 0.25) is 0 Å². The molecule has 0 fully saturated rings. The molecule has 4 nitrogen and oxygen atoms in total. The summed E-state index contributed by atoms with van der Waals surface area (Å²) >= 11 is 0. The van der Waals surface area contributed by atoms with Crippen LogP contribution in [0.3, 0.4) is 0 Å². The Kier molecular flexibility index (Phi) is 4.82. The van der Waals surface area contributed by atoms with Gasteiger partial charge >= 0.3 is 0 Å². The van der Waals surface area contributed by atoms with E-state index in [1.54, 1.807) is 16.9 Å². The quantitative estimate of drug-likeness (QED) is 0.938. The molecule has 0 amide bonds. The van der Waals surface area contributed by atoms with Crippen molar-refractivity contribution in [1.29, 1.82) is 0 Å². The van der Waals surface area contributed by atoms with Gasteiger partial charge in [0.25, 0.3) is 0 Å². The highest BCUT2D eigenvalue weighted by molar-refractivity contribution is 7.84. The SMILES string of the molecule is C[C@H](N[S@](=O)C(C)(C)C)c1ccc(-c2cnn(C)c2)cc1F. The fraction of sp³-hybridized carbons (Fsp3) is 0.438. The van der Waals surface area contributed by atoms with E-state index in [1.807, 2.05) is 47.0 Å². The summed E-state index contributed by atoms with van der Waals surface area (Å²) in [6.45, 7) is 7.45. The number of aryl methyl sites for hydroxylation is 1. The van der Waals surface area contributed by atoms with Gasteiger partial charge in [0.2, 0.25) is 0 Å². The van der Waals surface area contributed by atoms with Gasteiger partial charge in [0.05, 0.1) is 21.9 Å². The zero-order valence-corrected chi connectivity index (χ0v) is 14.4. The molecule has 0 spiro atoms. The highest BCUT2D eigenvalue weighted by atomic mass is 32.2. The molecule has 2 aromatic rings. The Bertz CT molecular complexity index is 691. The van der Waals surface area contributed by atoms with Crippen molar-refractivity contribution in [3.63, 3.8) is 0 Å². The number of nitrogens with one attached hydrogen (secondary N) is 1. The summed E-state index contributed by atoms with van der Waals surface area (Å²) in [5.74, 6) is -0.313. The van der Waals surface area contributed by atoms with Crippen LogP contribution in [0.25, 0.3) is 11.1 Å². The highest BCUT2D eigenvalue weighted by Crippen LogP contribution is 2.25. The molecule has 0 unspecified atom stereocenters. The first-order valence-corrected chi connectivity index (χ1v) is 8.30. The average Bonchev–Trinajstić information content (AvgIpc) is 2.84. The van der Waals surface area contributed by atoms with Gasteiger partial charge in [-0.1, -0.05) is 12.1 Å². The predicted octanol–water partition coefficient (Wildman–Crippen LogP) is 3.34. The molecule has 0 bridgehead atoms. The number of halogens is 1. The van der Waals surface area contributed by atoms with E-state index < -0.39 is 11.0 Å². The first-order chi connectivity index (χ1) is 10.2. The van der Waals surface area contributed by atoms with E-state index in [-0.39, 0.29) is 16.6 Å². The maximum absolute atomic E-state index is 14.4. The Labute approximate surface area is 133 Å². The molecule has 1 aromatic heterocycles. The fourth-order valence-electron chi connectivity index (χ4n) is 2.03. The van der Waals surface area contributed by atoms with Crippen LogP contribution in [0.1, 0.15) is 39.3 Å². The van der Waals surface area contributed by atoms with E-state index in [0.717, 1.165) is 11.1 Å². The number of benzene rings is 1. The van der Waals surface area contributed by atoms with Crippen LogP contribution in [0.15, 0.2) is 30.6 Å². The van der Waals surface area contributed by atoms with Crippen molar-refractivity contribution < 1.29 is 8.60 Å². The van der Waals surface area contributed by atoms with Crippen LogP contribution in [0.4, 0.5) is 4.39 Å². The molecule has 2 rings (SSSR count). The second-order valence-electron chi connectivity index (χ2n) is 6.36. The normalized spacial score (nSPS) is 14.8.